The molecule has 112 valence electrons. The van der Waals surface area contributed by atoms with Crippen LogP contribution in [-0.2, 0) is 11.8 Å². The maximum atomic E-state index is 5.97. The van der Waals surface area contributed by atoms with Crippen LogP contribution < -0.4 is 10.5 Å². The maximum absolute atomic E-state index is 5.97. The first-order valence-electron chi connectivity index (χ1n) is 6.90. The van der Waals surface area contributed by atoms with Crippen LogP contribution in [0.4, 0.5) is 5.95 Å². The normalized spacial score (nSPS) is 11.5. The van der Waals surface area contributed by atoms with E-state index in [-0.39, 0.29) is 11.4 Å². The van der Waals surface area contributed by atoms with E-state index in [1.807, 2.05) is 6.07 Å². The molecular formula is C16H20BrN3O. The van der Waals surface area contributed by atoms with Crippen LogP contribution in [0.25, 0.3) is 0 Å². The molecule has 0 saturated heterocycles. The predicted molar refractivity (Wildman–Crippen MR) is 88.7 cm³/mol. The van der Waals surface area contributed by atoms with E-state index < -0.39 is 0 Å². The molecule has 1 aromatic heterocycles. The number of ether oxygens (including phenoxy) is 1. The lowest BCUT2D eigenvalue weighted by Crippen LogP contribution is -2.13. The topological polar surface area (TPSA) is 61.0 Å². The van der Waals surface area contributed by atoms with E-state index in [0.29, 0.717) is 10.4 Å². The summed E-state index contributed by atoms with van der Waals surface area (Å²) in [6, 6.07) is 6.25. The Bertz CT molecular complexity index is 650. The number of benzene rings is 1. The fourth-order valence-corrected chi connectivity index (χ4v) is 2.28. The first-order chi connectivity index (χ1) is 9.81. The van der Waals surface area contributed by atoms with E-state index in [4.69, 9.17) is 10.5 Å². The van der Waals surface area contributed by atoms with Gasteiger partial charge in [-0.15, -0.1) is 0 Å². The Kier molecular flexibility index (Phi) is 4.52. The van der Waals surface area contributed by atoms with E-state index in [0.717, 1.165) is 17.7 Å². The number of nitrogens with two attached hydrogens (primary N) is 1. The molecule has 1 heterocycles. The van der Waals surface area contributed by atoms with Gasteiger partial charge in [-0.3, -0.25) is 0 Å². The van der Waals surface area contributed by atoms with Crippen LogP contribution in [0.3, 0.4) is 0 Å². The summed E-state index contributed by atoms with van der Waals surface area (Å²) in [4.78, 5) is 8.05. The predicted octanol–water partition coefficient (Wildman–Crippen LogP) is 4.47. The number of anilines is 1. The monoisotopic (exact) mass is 349 g/mol. The molecule has 2 N–H and O–H groups in total. The third-order valence-corrected chi connectivity index (χ3v) is 3.74. The summed E-state index contributed by atoms with van der Waals surface area (Å²) in [5, 5.41) is 0. The smallest absolute Gasteiger partial charge is 0.238 e. The summed E-state index contributed by atoms with van der Waals surface area (Å²) in [6.07, 6.45) is 2.59. The Hall–Kier alpha value is -1.62. The molecule has 0 amide bonds. The summed E-state index contributed by atoms with van der Waals surface area (Å²) in [5.74, 6) is 1.41. The number of hydrogen-bond acceptors (Lipinski definition) is 4. The number of rotatable bonds is 3. The van der Waals surface area contributed by atoms with Crippen LogP contribution in [0.1, 0.15) is 38.8 Å². The first kappa shape index (κ1) is 15.8. The molecule has 0 aliphatic rings. The van der Waals surface area contributed by atoms with Crippen LogP contribution in [0.15, 0.2) is 28.9 Å². The quantitative estimate of drug-likeness (QED) is 0.887. The molecule has 2 rings (SSSR count). The fourth-order valence-electron chi connectivity index (χ4n) is 2.01. The molecule has 4 nitrogen and oxygen atoms in total. The summed E-state index contributed by atoms with van der Waals surface area (Å²) in [6.45, 7) is 8.64. The third-order valence-electron chi connectivity index (χ3n) is 3.20. The lowest BCUT2D eigenvalue weighted by Gasteiger charge is -2.23. The average molecular weight is 350 g/mol. The molecule has 21 heavy (non-hydrogen) atoms. The highest BCUT2D eigenvalue weighted by Gasteiger charge is 2.21. The molecule has 0 atom stereocenters. The Balaban J connectivity index is 2.46. The Labute approximate surface area is 133 Å². The number of nitrogens with zero attached hydrogens (tertiary/aromatic N) is 2. The highest BCUT2D eigenvalue weighted by molar-refractivity contribution is 9.10. The lowest BCUT2D eigenvalue weighted by atomic mass is 9.85. The van der Waals surface area contributed by atoms with Gasteiger partial charge < -0.3 is 10.5 Å². The van der Waals surface area contributed by atoms with Crippen molar-refractivity contribution in [2.45, 2.75) is 39.5 Å². The second-order valence-electron chi connectivity index (χ2n) is 5.92. The van der Waals surface area contributed by atoms with Gasteiger partial charge >= 0.3 is 0 Å². The molecule has 0 aliphatic heterocycles. The van der Waals surface area contributed by atoms with Crippen LogP contribution in [0.2, 0.25) is 0 Å². The van der Waals surface area contributed by atoms with Gasteiger partial charge in [-0.05, 0) is 39.4 Å². The zero-order valence-corrected chi connectivity index (χ0v) is 14.4. The van der Waals surface area contributed by atoms with Gasteiger partial charge in [-0.25, -0.2) is 4.98 Å². The van der Waals surface area contributed by atoms with Crippen molar-refractivity contribution in [3.05, 3.63) is 40.0 Å². The Morgan fingerprint density at radius 2 is 2.00 bits per heavy atom. The van der Waals surface area contributed by atoms with Gasteiger partial charge in [0.25, 0.3) is 0 Å². The molecular weight excluding hydrogens is 330 g/mol. The second-order valence-corrected chi connectivity index (χ2v) is 6.77. The van der Waals surface area contributed by atoms with Gasteiger partial charge in [0.1, 0.15) is 5.75 Å². The molecule has 1 aromatic carbocycles. The fraction of sp³-hybridized carbons (Fsp3) is 0.375. The van der Waals surface area contributed by atoms with Crippen LogP contribution in [0.5, 0.6) is 11.6 Å². The highest BCUT2D eigenvalue weighted by atomic mass is 79.9. The van der Waals surface area contributed by atoms with E-state index in [1.165, 1.54) is 5.56 Å². The van der Waals surface area contributed by atoms with Crippen LogP contribution >= 0.6 is 15.9 Å². The molecule has 0 aliphatic carbocycles. The van der Waals surface area contributed by atoms with E-state index in [2.05, 4.69) is 65.7 Å². The van der Waals surface area contributed by atoms with Crippen molar-refractivity contribution in [1.29, 1.82) is 0 Å². The van der Waals surface area contributed by atoms with Crippen molar-refractivity contribution in [1.82, 2.24) is 9.97 Å². The standard InChI is InChI=1S/C16H20BrN3O/c1-5-10-6-7-13(11(8-10)16(2,3)4)21-14-12(17)9-19-15(18)20-14/h6-9H,5H2,1-4H3,(H2,18,19,20). The van der Waals surface area contributed by atoms with Crippen molar-refractivity contribution in [2.24, 2.45) is 0 Å². The summed E-state index contributed by atoms with van der Waals surface area (Å²) in [7, 11) is 0. The number of nitrogen functional groups attached to an aromatic ring is 1. The van der Waals surface area contributed by atoms with Crippen LogP contribution in [-0.4, -0.2) is 9.97 Å². The number of aromatic nitrogens is 2. The summed E-state index contributed by atoms with van der Waals surface area (Å²) < 4.78 is 6.65. The molecule has 0 fully saturated rings. The minimum absolute atomic E-state index is 0.0223. The molecule has 0 spiro atoms. The van der Waals surface area contributed by atoms with Crippen molar-refractivity contribution in [2.75, 3.05) is 5.73 Å². The number of halogens is 1. The molecule has 2 aromatic rings. The number of aryl methyl sites for hydroxylation is 1. The van der Waals surface area contributed by atoms with Crippen molar-refractivity contribution in [3.63, 3.8) is 0 Å². The lowest BCUT2D eigenvalue weighted by molar-refractivity contribution is 0.436. The zero-order valence-electron chi connectivity index (χ0n) is 12.8. The van der Waals surface area contributed by atoms with Crippen molar-refractivity contribution in [3.8, 4) is 11.6 Å². The Morgan fingerprint density at radius 3 is 2.62 bits per heavy atom. The van der Waals surface area contributed by atoms with Gasteiger partial charge in [0.05, 0.1) is 10.7 Å². The minimum atomic E-state index is -0.0223. The first-order valence-corrected chi connectivity index (χ1v) is 7.70. The summed E-state index contributed by atoms with van der Waals surface area (Å²) in [5.41, 5.74) is 8.04. The molecule has 0 unspecified atom stereocenters. The van der Waals surface area contributed by atoms with E-state index >= 15 is 0 Å². The SMILES string of the molecule is CCc1ccc(Oc2nc(N)ncc2Br)c(C(C)(C)C)c1. The van der Waals surface area contributed by atoms with Gasteiger partial charge in [-0.2, -0.15) is 4.98 Å². The molecule has 0 radical (unpaired) electrons. The van der Waals surface area contributed by atoms with Crippen LogP contribution in [0, 0.1) is 0 Å². The van der Waals surface area contributed by atoms with Crippen molar-refractivity contribution < 1.29 is 4.74 Å². The number of hydrogen-bond donors (Lipinski definition) is 1. The van der Waals surface area contributed by atoms with Crippen molar-refractivity contribution >= 4 is 21.9 Å². The molecule has 0 saturated carbocycles. The third kappa shape index (κ3) is 3.73. The summed E-state index contributed by atoms with van der Waals surface area (Å²) >= 11 is 3.39. The van der Waals surface area contributed by atoms with Gasteiger partial charge in [-0.1, -0.05) is 39.8 Å². The molecule has 0 bridgehead atoms. The highest BCUT2D eigenvalue weighted by Crippen LogP contribution is 2.36. The molecule has 5 heteroatoms. The average Bonchev–Trinajstić information content (AvgIpc) is 2.42. The van der Waals surface area contributed by atoms with Gasteiger partial charge in [0.15, 0.2) is 0 Å². The van der Waals surface area contributed by atoms with Gasteiger partial charge in [0, 0.05) is 5.56 Å². The maximum Gasteiger partial charge on any atom is 0.238 e. The Morgan fingerprint density at radius 1 is 1.29 bits per heavy atom. The zero-order chi connectivity index (χ0) is 15.6. The minimum Gasteiger partial charge on any atom is -0.437 e. The second kappa shape index (κ2) is 6.02. The largest absolute Gasteiger partial charge is 0.437 e. The van der Waals surface area contributed by atoms with E-state index in [1.54, 1.807) is 6.20 Å². The van der Waals surface area contributed by atoms with Gasteiger partial charge in [0.2, 0.25) is 11.8 Å². The van der Waals surface area contributed by atoms with E-state index in [9.17, 15) is 0 Å².